The molecule has 5 nitrogen and oxygen atoms in total. The van der Waals surface area contributed by atoms with Crippen molar-refractivity contribution >= 4 is 27.7 Å². The van der Waals surface area contributed by atoms with Crippen LogP contribution in [0.2, 0.25) is 0 Å². The smallest absolute Gasteiger partial charge is 0.338 e. The molecular weight excluding hydrogens is 378 g/mol. The second-order valence-corrected chi connectivity index (χ2v) is 7.04. The number of nitrogens with one attached hydrogen (secondary N) is 1. The van der Waals surface area contributed by atoms with Gasteiger partial charge in [0.1, 0.15) is 17.1 Å². The van der Waals surface area contributed by atoms with Crippen LogP contribution in [-0.2, 0) is 4.74 Å². The number of hydrogen-bond acceptors (Lipinski definition) is 5. The number of aromatic hydroxyl groups is 1. The molecule has 0 bridgehead atoms. The van der Waals surface area contributed by atoms with Gasteiger partial charge in [-0.15, -0.1) is 0 Å². The van der Waals surface area contributed by atoms with E-state index in [-0.39, 0.29) is 5.75 Å². The molecule has 146 valence electrons. The van der Waals surface area contributed by atoms with Crippen molar-refractivity contribution < 1.29 is 19.1 Å². The van der Waals surface area contributed by atoms with Crippen LogP contribution in [0.15, 0.2) is 77.2 Å². The van der Waals surface area contributed by atoms with E-state index in [9.17, 15) is 9.90 Å². The van der Waals surface area contributed by atoms with Gasteiger partial charge >= 0.3 is 5.97 Å². The third-order valence-corrected chi connectivity index (χ3v) is 5.31. The van der Waals surface area contributed by atoms with Gasteiger partial charge in [-0.25, -0.2) is 4.79 Å². The highest BCUT2D eigenvalue weighted by molar-refractivity contribution is 6.15. The van der Waals surface area contributed by atoms with E-state index in [1.165, 1.54) is 7.11 Å². The number of benzene rings is 4. The zero-order chi connectivity index (χ0) is 20.8. The summed E-state index contributed by atoms with van der Waals surface area (Å²) in [5.74, 6) is 0.171. The number of phenols is 1. The Morgan fingerprint density at radius 3 is 2.63 bits per heavy atom. The minimum absolute atomic E-state index is 0.107. The van der Waals surface area contributed by atoms with Gasteiger partial charge in [0.05, 0.1) is 23.4 Å². The van der Waals surface area contributed by atoms with Crippen molar-refractivity contribution in [3.63, 3.8) is 0 Å². The molecule has 5 heteroatoms. The predicted octanol–water partition coefficient (Wildman–Crippen LogP) is 5.33. The van der Waals surface area contributed by atoms with Crippen LogP contribution in [0, 0.1) is 5.41 Å². The maximum absolute atomic E-state index is 12.5. The van der Waals surface area contributed by atoms with Crippen molar-refractivity contribution in [2.45, 2.75) is 0 Å². The Labute approximate surface area is 171 Å². The first-order valence-electron chi connectivity index (χ1n) is 9.42. The summed E-state index contributed by atoms with van der Waals surface area (Å²) in [6.45, 7) is 0. The fourth-order valence-electron chi connectivity index (χ4n) is 3.98. The molecular formula is C25H17NO4. The molecule has 0 fully saturated rings. The Morgan fingerprint density at radius 2 is 1.80 bits per heavy atom. The van der Waals surface area contributed by atoms with Crippen LogP contribution < -0.4 is 5.36 Å². The van der Waals surface area contributed by atoms with Crippen LogP contribution in [0.4, 0.5) is 0 Å². The molecule has 0 atom stereocenters. The fraction of sp³-hybridized carbons (Fsp3) is 0.0400. The topological polar surface area (TPSA) is 83.5 Å². The lowest BCUT2D eigenvalue weighted by Crippen LogP contribution is -2.05. The van der Waals surface area contributed by atoms with E-state index in [0.29, 0.717) is 33.2 Å². The molecule has 5 rings (SSSR count). The molecule has 1 heterocycles. The highest BCUT2D eigenvalue weighted by atomic mass is 16.5. The maximum Gasteiger partial charge on any atom is 0.338 e. The molecule has 30 heavy (non-hydrogen) atoms. The van der Waals surface area contributed by atoms with Crippen LogP contribution in [0.25, 0.3) is 44.2 Å². The lowest BCUT2D eigenvalue weighted by molar-refractivity contribution is 0.0601. The first-order chi connectivity index (χ1) is 14.6. The molecule has 0 unspecified atom stereocenters. The zero-order valence-corrected chi connectivity index (χ0v) is 16.1. The quantitative estimate of drug-likeness (QED) is 0.240. The predicted molar refractivity (Wildman–Crippen MR) is 115 cm³/mol. The Kier molecular flexibility index (Phi) is 4.03. The highest BCUT2D eigenvalue weighted by Crippen LogP contribution is 2.44. The maximum atomic E-state index is 12.5. The van der Waals surface area contributed by atoms with Gasteiger partial charge in [-0.3, -0.25) is 0 Å². The largest absolute Gasteiger partial charge is 0.507 e. The van der Waals surface area contributed by atoms with Crippen molar-refractivity contribution in [3.8, 4) is 28.2 Å². The van der Waals surface area contributed by atoms with Gasteiger partial charge in [-0.2, -0.15) is 0 Å². The van der Waals surface area contributed by atoms with Crippen molar-refractivity contribution in [2.24, 2.45) is 0 Å². The van der Waals surface area contributed by atoms with E-state index in [1.54, 1.807) is 36.4 Å². The van der Waals surface area contributed by atoms with Gasteiger partial charge < -0.3 is 19.7 Å². The molecule has 0 saturated heterocycles. The summed E-state index contributed by atoms with van der Waals surface area (Å²) in [7, 11) is 1.35. The summed E-state index contributed by atoms with van der Waals surface area (Å²) < 4.78 is 11.2. The lowest BCUT2D eigenvalue weighted by atomic mass is 9.89. The summed E-state index contributed by atoms with van der Waals surface area (Å²) in [6.07, 6.45) is 0. The number of methoxy groups -OCH3 is 1. The van der Waals surface area contributed by atoms with E-state index < -0.39 is 5.97 Å². The molecule has 0 amide bonds. The van der Waals surface area contributed by atoms with E-state index in [2.05, 4.69) is 0 Å². The van der Waals surface area contributed by atoms with Crippen LogP contribution in [0.3, 0.4) is 0 Å². The molecule has 0 radical (unpaired) electrons. The van der Waals surface area contributed by atoms with Gasteiger partial charge in [0.15, 0.2) is 0 Å². The molecule has 3 aromatic rings. The normalized spacial score (nSPS) is 11.2. The molecule has 1 aliphatic carbocycles. The first kappa shape index (κ1) is 17.9. The summed E-state index contributed by atoms with van der Waals surface area (Å²) in [4.78, 5) is 12.5. The molecule has 0 saturated carbocycles. The highest BCUT2D eigenvalue weighted by Gasteiger charge is 2.23. The van der Waals surface area contributed by atoms with Gasteiger partial charge in [0.2, 0.25) is 0 Å². The van der Waals surface area contributed by atoms with Crippen molar-refractivity contribution in [1.82, 2.24) is 0 Å². The Hall–Kier alpha value is -4.12. The van der Waals surface area contributed by atoms with E-state index in [4.69, 9.17) is 14.6 Å². The van der Waals surface area contributed by atoms with E-state index in [1.807, 2.05) is 36.4 Å². The van der Waals surface area contributed by atoms with Crippen LogP contribution in [0.1, 0.15) is 10.4 Å². The second kappa shape index (κ2) is 6.74. The average Bonchev–Trinajstić information content (AvgIpc) is 2.76. The third kappa shape index (κ3) is 2.63. The van der Waals surface area contributed by atoms with Crippen LogP contribution in [-0.4, -0.2) is 18.2 Å². The lowest BCUT2D eigenvalue weighted by Gasteiger charge is -2.18. The summed E-state index contributed by atoms with van der Waals surface area (Å²) in [5.41, 5.74) is 3.18. The summed E-state index contributed by atoms with van der Waals surface area (Å²) in [5, 5.41) is 21.1. The van der Waals surface area contributed by atoms with Crippen molar-refractivity contribution in [3.05, 3.63) is 83.7 Å². The van der Waals surface area contributed by atoms with Crippen molar-refractivity contribution in [2.75, 3.05) is 7.11 Å². The number of carbonyl (C=O) groups is 1. The Morgan fingerprint density at radius 1 is 0.967 bits per heavy atom. The SMILES string of the molecule is COC(=O)c1ccccc1-c1c2ccc(=N)cc-2oc2c1ccc1cccc(O)c12. The fourth-order valence-corrected chi connectivity index (χ4v) is 3.98. The van der Waals surface area contributed by atoms with Crippen molar-refractivity contribution in [1.29, 1.82) is 5.41 Å². The standard InChI is InChI=1S/C25H17NO4/c1-29-25(28)17-7-3-2-6-16(17)23-18-12-10-15(26)13-21(18)30-24-19(23)11-9-14-5-4-8-20(27)22(14)24/h2-13,26-27H,1H3. The number of esters is 1. The number of phenolic OH excluding ortho intramolecular Hbond substituents is 1. The number of hydrogen-bond donors (Lipinski definition) is 2. The molecule has 0 aromatic heterocycles. The van der Waals surface area contributed by atoms with Gasteiger partial charge in [0.25, 0.3) is 0 Å². The Balaban J connectivity index is 2.03. The minimum atomic E-state index is -0.437. The first-order valence-corrected chi connectivity index (χ1v) is 9.42. The summed E-state index contributed by atoms with van der Waals surface area (Å²) >= 11 is 0. The monoisotopic (exact) mass is 395 g/mol. The van der Waals surface area contributed by atoms with E-state index in [0.717, 1.165) is 21.9 Å². The zero-order valence-electron chi connectivity index (χ0n) is 16.1. The minimum Gasteiger partial charge on any atom is -0.507 e. The van der Waals surface area contributed by atoms with Gasteiger partial charge in [0, 0.05) is 22.6 Å². The molecule has 2 aliphatic rings. The number of fused-ring (bicyclic) bond motifs is 4. The van der Waals surface area contributed by atoms with Crippen LogP contribution in [0.5, 0.6) is 5.75 Å². The molecule has 1 aliphatic heterocycles. The Bertz CT molecular complexity index is 1480. The summed E-state index contributed by atoms with van der Waals surface area (Å²) in [6, 6.07) is 21.5. The van der Waals surface area contributed by atoms with Gasteiger partial charge in [-0.05, 0) is 41.3 Å². The molecule has 2 N–H and O–H groups in total. The average molecular weight is 395 g/mol. The van der Waals surface area contributed by atoms with Crippen LogP contribution >= 0.6 is 0 Å². The number of rotatable bonds is 2. The number of ether oxygens (including phenoxy) is 1. The number of carbonyl (C=O) groups excluding carboxylic acids is 1. The molecule has 3 aromatic carbocycles. The molecule has 0 spiro atoms. The van der Waals surface area contributed by atoms with Gasteiger partial charge in [-0.1, -0.05) is 36.4 Å². The van der Waals surface area contributed by atoms with E-state index >= 15 is 0 Å². The third-order valence-electron chi connectivity index (χ3n) is 5.31. The second-order valence-electron chi connectivity index (χ2n) is 7.04.